The van der Waals surface area contributed by atoms with E-state index >= 15 is 0 Å². The molecule has 150 valence electrons. The molecule has 3 rings (SSSR count). The molecular weight excluding hydrogens is 423 g/mol. The van der Waals surface area contributed by atoms with Gasteiger partial charge in [0.1, 0.15) is 10.6 Å². The maximum Gasteiger partial charge on any atom is 0.260 e. The van der Waals surface area contributed by atoms with Gasteiger partial charge in [-0.1, -0.05) is 35.3 Å². The first kappa shape index (κ1) is 20.9. The smallest absolute Gasteiger partial charge is 0.260 e. The quantitative estimate of drug-likeness (QED) is 0.712. The van der Waals surface area contributed by atoms with Gasteiger partial charge in [-0.3, -0.25) is 4.79 Å². The molecule has 2 aromatic carbocycles. The molecule has 1 amide bonds. The lowest BCUT2D eigenvalue weighted by Gasteiger charge is -2.34. The number of hydrogen-bond donors (Lipinski definition) is 0. The molecule has 28 heavy (non-hydrogen) atoms. The van der Waals surface area contributed by atoms with E-state index in [1.807, 2.05) is 6.92 Å². The van der Waals surface area contributed by atoms with Gasteiger partial charge in [0.25, 0.3) is 5.91 Å². The van der Waals surface area contributed by atoms with Crippen LogP contribution in [0.3, 0.4) is 0 Å². The fraction of sp³-hybridized carbons (Fsp3) is 0.316. The van der Waals surface area contributed by atoms with Crippen LogP contribution >= 0.6 is 23.2 Å². The van der Waals surface area contributed by atoms with Crippen molar-refractivity contribution in [3.05, 3.63) is 58.1 Å². The van der Waals surface area contributed by atoms with Gasteiger partial charge in [0.2, 0.25) is 10.0 Å². The molecule has 1 fully saturated rings. The number of carbonyl (C=O) groups is 1. The molecule has 1 heterocycles. The molecule has 1 aliphatic heterocycles. The van der Waals surface area contributed by atoms with Crippen LogP contribution in [0.2, 0.25) is 10.0 Å². The van der Waals surface area contributed by atoms with Gasteiger partial charge in [-0.05, 0) is 42.8 Å². The maximum atomic E-state index is 12.8. The monoisotopic (exact) mass is 442 g/mol. The van der Waals surface area contributed by atoms with Gasteiger partial charge in [-0.2, -0.15) is 4.31 Å². The molecule has 6 nitrogen and oxygen atoms in total. The number of amides is 1. The average molecular weight is 443 g/mol. The number of piperazine rings is 1. The zero-order valence-electron chi connectivity index (χ0n) is 15.3. The summed E-state index contributed by atoms with van der Waals surface area (Å²) in [7, 11) is -3.69. The summed E-state index contributed by atoms with van der Waals surface area (Å²) in [6.07, 6.45) is 0. The van der Waals surface area contributed by atoms with Crippen molar-refractivity contribution in [2.24, 2.45) is 0 Å². The highest BCUT2D eigenvalue weighted by Gasteiger charge is 2.31. The molecular formula is C19H20Cl2N2O4S. The van der Waals surface area contributed by atoms with Crippen molar-refractivity contribution in [3.8, 4) is 5.75 Å². The molecule has 0 atom stereocenters. The Labute approximate surface area is 174 Å². The van der Waals surface area contributed by atoms with Crippen molar-refractivity contribution in [2.45, 2.75) is 11.8 Å². The number of rotatable bonds is 5. The van der Waals surface area contributed by atoms with Gasteiger partial charge in [0.05, 0.1) is 5.02 Å². The Balaban J connectivity index is 1.57. The second kappa shape index (κ2) is 8.69. The molecule has 0 N–H and O–H groups in total. The van der Waals surface area contributed by atoms with Crippen molar-refractivity contribution in [1.82, 2.24) is 9.21 Å². The van der Waals surface area contributed by atoms with E-state index in [2.05, 4.69) is 0 Å². The SMILES string of the molecule is Cc1cc(Cl)ccc1OCC(=O)N1CCN(S(=O)(=O)c2ccccc2Cl)CC1. The van der Waals surface area contributed by atoms with E-state index in [0.29, 0.717) is 23.9 Å². The van der Waals surface area contributed by atoms with E-state index in [0.717, 1.165) is 5.56 Å². The molecule has 0 radical (unpaired) electrons. The first-order valence-electron chi connectivity index (χ1n) is 8.70. The Hall–Kier alpha value is -1.80. The molecule has 0 saturated carbocycles. The number of halogens is 2. The van der Waals surface area contributed by atoms with Crippen LogP contribution in [0.5, 0.6) is 5.75 Å². The normalized spacial score (nSPS) is 15.5. The standard InChI is InChI=1S/C19H20Cl2N2O4S/c1-14-12-15(20)6-7-17(14)27-13-19(24)22-8-10-23(11-9-22)28(25,26)18-5-3-2-4-16(18)21/h2-7,12H,8-11,13H2,1H3. The van der Waals surface area contributed by atoms with Gasteiger partial charge in [-0.15, -0.1) is 0 Å². The summed E-state index contributed by atoms with van der Waals surface area (Å²) in [4.78, 5) is 14.1. The largest absolute Gasteiger partial charge is 0.483 e. The van der Waals surface area contributed by atoms with E-state index in [-0.39, 0.29) is 35.5 Å². The zero-order valence-corrected chi connectivity index (χ0v) is 17.6. The molecule has 0 unspecified atom stereocenters. The average Bonchev–Trinajstić information content (AvgIpc) is 2.67. The van der Waals surface area contributed by atoms with Crippen LogP contribution in [0, 0.1) is 6.92 Å². The number of nitrogens with zero attached hydrogens (tertiary/aromatic N) is 2. The number of hydrogen-bond acceptors (Lipinski definition) is 4. The first-order valence-corrected chi connectivity index (χ1v) is 10.9. The zero-order chi connectivity index (χ0) is 20.3. The van der Waals surface area contributed by atoms with Crippen LogP contribution in [0.1, 0.15) is 5.56 Å². The highest BCUT2D eigenvalue weighted by Crippen LogP contribution is 2.25. The molecule has 2 aromatic rings. The van der Waals surface area contributed by atoms with Crippen molar-refractivity contribution in [2.75, 3.05) is 32.8 Å². The summed E-state index contributed by atoms with van der Waals surface area (Å²) >= 11 is 11.9. The second-order valence-corrected chi connectivity index (χ2v) is 9.16. The second-order valence-electron chi connectivity index (χ2n) is 6.41. The van der Waals surface area contributed by atoms with Crippen LogP contribution in [-0.2, 0) is 14.8 Å². The number of aryl methyl sites for hydroxylation is 1. The van der Waals surface area contributed by atoms with E-state index in [9.17, 15) is 13.2 Å². The lowest BCUT2D eigenvalue weighted by molar-refractivity contribution is -0.134. The maximum absolute atomic E-state index is 12.8. The fourth-order valence-corrected chi connectivity index (χ4v) is 5.12. The van der Waals surface area contributed by atoms with E-state index in [1.54, 1.807) is 41.3 Å². The molecule has 1 saturated heterocycles. The molecule has 0 spiro atoms. The summed E-state index contributed by atoms with van der Waals surface area (Å²) in [5, 5.41) is 0.791. The number of benzene rings is 2. The van der Waals surface area contributed by atoms with Gasteiger partial charge < -0.3 is 9.64 Å². The summed E-state index contributed by atoms with van der Waals surface area (Å²) in [5.74, 6) is 0.404. The summed E-state index contributed by atoms with van der Waals surface area (Å²) in [6.45, 7) is 2.75. The minimum Gasteiger partial charge on any atom is -0.483 e. The molecule has 0 bridgehead atoms. The predicted molar refractivity (Wildman–Crippen MR) is 108 cm³/mol. The topological polar surface area (TPSA) is 66.9 Å². The minimum atomic E-state index is -3.69. The number of sulfonamides is 1. The third-order valence-corrected chi connectivity index (χ3v) is 7.17. The Bertz CT molecular complexity index is 974. The highest BCUT2D eigenvalue weighted by atomic mass is 35.5. The number of carbonyl (C=O) groups excluding carboxylic acids is 1. The fourth-order valence-electron chi connectivity index (χ4n) is 2.98. The van der Waals surface area contributed by atoms with Crippen LogP contribution in [0.4, 0.5) is 0 Å². The van der Waals surface area contributed by atoms with Gasteiger partial charge in [0, 0.05) is 31.2 Å². The highest BCUT2D eigenvalue weighted by molar-refractivity contribution is 7.89. The van der Waals surface area contributed by atoms with Crippen molar-refractivity contribution in [3.63, 3.8) is 0 Å². The van der Waals surface area contributed by atoms with E-state index in [1.165, 1.54) is 10.4 Å². The Morgan fingerprint density at radius 3 is 2.39 bits per heavy atom. The summed E-state index contributed by atoms with van der Waals surface area (Å²) in [6, 6.07) is 11.5. The van der Waals surface area contributed by atoms with Crippen molar-refractivity contribution in [1.29, 1.82) is 0 Å². The summed E-state index contributed by atoms with van der Waals surface area (Å²) in [5.41, 5.74) is 0.843. The van der Waals surface area contributed by atoms with Crippen LogP contribution in [-0.4, -0.2) is 56.3 Å². The van der Waals surface area contributed by atoms with Crippen LogP contribution in [0.25, 0.3) is 0 Å². The van der Waals surface area contributed by atoms with Crippen molar-refractivity contribution >= 4 is 39.1 Å². The van der Waals surface area contributed by atoms with Gasteiger partial charge in [0.15, 0.2) is 6.61 Å². The van der Waals surface area contributed by atoms with E-state index < -0.39 is 10.0 Å². The van der Waals surface area contributed by atoms with Crippen LogP contribution in [0.15, 0.2) is 47.4 Å². The lowest BCUT2D eigenvalue weighted by atomic mass is 10.2. The molecule has 9 heteroatoms. The Morgan fingerprint density at radius 2 is 1.75 bits per heavy atom. The van der Waals surface area contributed by atoms with E-state index in [4.69, 9.17) is 27.9 Å². The molecule has 1 aliphatic rings. The molecule has 0 aliphatic carbocycles. The molecule has 0 aromatic heterocycles. The van der Waals surface area contributed by atoms with Gasteiger partial charge >= 0.3 is 0 Å². The Kier molecular flexibility index (Phi) is 6.50. The Morgan fingerprint density at radius 1 is 1.07 bits per heavy atom. The lowest BCUT2D eigenvalue weighted by Crippen LogP contribution is -2.51. The third kappa shape index (κ3) is 4.60. The first-order chi connectivity index (χ1) is 13.3. The summed E-state index contributed by atoms with van der Waals surface area (Å²) < 4.78 is 32.5. The predicted octanol–water partition coefficient (Wildman–Crippen LogP) is 3.21. The van der Waals surface area contributed by atoms with Crippen molar-refractivity contribution < 1.29 is 17.9 Å². The third-order valence-electron chi connectivity index (χ3n) is 4.53. The van der Waals surface area contributed by atoms with Crippen LogP contribution < -0.4 is 4.74 Å². The minimum absolute atomic E-state index is 0.0815. The number of ether oxygens (including phenoxy) is 1. The van der Waals surface area contributed by atoms with Gasteiger partial charge in [-0.25, -0.2) is 8.42 Å².